The second kappa shape index (κ2) is 4.93. The molecule has 1 amide bonds. The first-order chi connectivity index (χ1) is 8.24. The molecule has 1 atom stereocenters. The van der Waals surface area contributed by atoms with Crippen molar-refractivity contribution in [2.75, 3.05) is 19.6 Å². The summed E-state index contributed by atoms with van der Waals surface area (Å²) in [7, 11) is 0. The van der Waals surface area contributed by atoms with Gasteiger partial charge in [0.05, 0.1) is 5.56 Å². The molecule has 1 unspecified atom stereocenters. The van der Waals surface area contributed by atoms with Gasteiger partial charge in [0.1, 0.15) is 11.8 Å². The smallest absolute Gasteiger partial charge is 0.272 e. The van der Waals surface area contributed by atoms with Gasteiger partial charge in [-0.3, -0.25) is 4.79 Å². The molecule has 88 valence electrons. The maximum Gasteiger partial charge on any atom is 0.272 e. The van der Waals surface area contributed by atoms with E-state index in [-0.39, 0.29) is 5.91 Å². The number of nitrogens with two attached hydrogens (primary N) is 1. The van der Waals surface area contributed by atoms with Crippen LogP contribution >= 0.6 is 0 Å². The lowest BCUT2D eigenvalue weighted by Gasteiger charge is -2.15. The summed E-state index contributed by atoms with van der Waals surface area (Å²) in [5, 5.41) is 8.65. The van der Waals surface area contributed by atoms with E-state index in [0.29, 0.717) is 30.3 Å². The Morgan fingerprint density at radius 1 is 1.65 bits per heavy atom. The van der Waals surface area contributed by atoms with E-state index in [0.717, 1.165) is 13.0 Å². The molecule has 1 saturated heterocycles. The van der Waals surface area contributed by atoms with Crippen molar-refractivity contribution in [1.82, 2.24) is 9.88 Å². The first-order valence-electron chi connectivity index (χ1n) is 5.60. The van der Waals surface area contributed by atoms with E-state index >= 15 is 0 Å². The quantitative estimate of drug-likeness (QED) is 0.795. The van der Waals surface area contributed by atoms with Gasteiger partial charge in [0.2, 0.25) is 0 Å². The van der Waals surface area contributed by atoms with Crippen molar-refractivity contribution in [3.05, 3.63) is 29.6 Å². The van der Waals surface area contributed by atoms with E-state index < -0.39 is 0 Å². The Morgan fingerprint density at radius 3 is 3.00 bits per heavy atom. The van der Waals surface area contributed by atoms with Crippen molar-refractivity contribution in [2.45, 2.75) is 6.42 Å². The van der Waals surface area contributed by atoms with E-state index in [1.54, 1.807) is 17.0 Å². The lowest BCUT2D eigenvalue weighted by atomic mass is 10.1. The van der Waals surface area contributed by atoms with Crippen LogP contribution in [0, 0.1) is 17.2 Å². The van der Waals surface area contributed by atoms with Crippen molar-refractivity contribution in [3.8, 4) is 6.07 Å². The number of pyridine rings is 1. The van der Waals surface area contributed by atoms with Crippen molar-refractivity contribution < 1.29 is 4.79 Å². The summed E-state index contributed by atoms with van der Waals surface area (Å²) in [5.41, 5.74) is 6.43. The number of likely N-dealkylation sites (tertiary alicyclic amines) is 1. The van der Waals surface area contributed by atoms with E-state index in [1.807, 2.05) is 6.07 Å². The third-order valence-corrected chi connectivity index (χ3v) is 3.02. The molecule has 0 aliphatic carbocycles. The summed E-state index contributed by atoms with van der Waals surface area (Å²) in [4.78, 5) is 17.8. The van der Waals surface area contributed by atoms with E-state index in [1.165, 1.54) is 6.20 Å². The first-order valence-corrected chi connectivity index (χ1v) is 5.60. The van der Waals surface area contributed by atoms with Gasteiger partial charge in [-0.2, -0.15) is 5.26 Å². The van der Waals surface area contributed by atoms with Gasteiger partial charge in [-0.1, -0.05) is 0 Å². The Hall–Kier alpha value is -1.93. The number of amides is 1. The van der Waals surface area contributed by atoms with Crippen LogP contribution in [0.1, 0.15) is 22.5 Å². The highest BCUT2D eigenvalue weighted by Crippen LogP contribution is 2.17. The summed E-state index contributed by atoms with van der Waals surface area (Å²) < 4.78 is 0. The number of nitrogens with zero attached hydrogens (tertiary/aromatic N) is 3. The third-order valence-electron chi connectivity index (χ3n) is 3.02. The largest absolute Gasteiger partial charge is 0.337 e. The molecule has 0 spiro atoms. The number of rotatable bonds is 2. The monoisotopic (exact) mass is 230 g/mol. The lowest BCUT2D eigenvalue weighted by Crippen LogP contribution is -2.30. The van der Waals surface area contributed by atoms with Crippen LogP contribution in [0.3, 0.4) is 0 Å². The molecule has 5 nitrogen and oxygen atoms in total. The average molecular weight is 230 g/mol. The molecule has 1 aromatic heterocycles. The molecule has 1 aliphatic rings. The molecular formula is C12H14N4O. The number of hydrogen-bond donors (Lipinski definition) is 1. The summed E-state index contributed by atoms with van der Waals surface area (Å²) in [5.74, 6) is 0.322. The van der Waals surface area contributed by atoms with Gasteiger partial charge in [0.25, 0.3) is 5.91 Å². The maximum atomic E-state index is 12.0. The molecule has 2 N–H and O–H groups in total. The van der Waals surface area contributed by atoms with Crippen LogP contribution in [0.25, 0.3) is 0 Å². The van der Waals surface area contributed by atoms with Gasteiger partial charge >= 0.3 is 0 Å². The molecule has 0 bridgehead atoms. The molecule has 17 heavy (non-hydrogen) atoms. The Kier molecular flexibility index (Phi) is 3.35. The first kappa shape index (κ1) is 11.6. The third kappa shape index (κ3) is 2.43. The highest BCUT2D eigenvalue weighted by Gasteiger charge is 2.26. The minimum atomic E-state index is -0.0783. The van der Waals surface area contributed by atoms with Gasteiger partial charge in [-0.15, -0.1) is 0 Å². The Labute approximate surface area is 99.9 Å². The molecule has 1 fully saturated rings. The van der Waals surface area contributed by atoms with Crippen LogP contribution < -0.4 is 5.73 Å². The fraction of sp³-hybridized carbons (Fsp3) is 0.417. The summed E-state index contributed by atoms with van der Waals surface area (Å²) in [6, 6.07) is 5.18. The van der Waals surface area contributed by atoms with Crippen LogP contribution in [0.4, 0.5) is 0 Å². The van der Waals surface area contributed by atoms with Crippen LogP contribution in [0.2, 0.25) is 0 Å². The normalized spacial score (nSPS) is 19.1. The van der Waals surface area contributed by atoms with Gasteiger partial charge < -0.3 is 10.6 Å². The molecule has 1 aromatic rings. The molecule has 1 aliphatic heterocycles. The molecule has 0 radical (unpaired) electrons. The van der Waals surface area contributed by atoms with E-state index in [9.17, 15) is 4.79 Å². The van der Waals surface area contributed by atoms with Gasteiger partial charge in [0, 0.05) is 19.3 Å². The average Bonchev–Trinajstić information content (AvgIpc) is 2.87. The van der Waals surface area contributed by atoms with Crippen molar-refractivity contribution in [1.29, 1.82) is 5.26 Å². The number of nitriles is 1. The maximum absolute atomic E-state index is 12.0. The minimum absolute atomic E-state index is 0.0783. The SMILES string of the molecule is N#Cc1ccc(C(=O)N2CCC(CN)C2)nc1. The van der Waals surface area contributed by atoms with E-state index in [2.05, 4.69) is 4.98 Å². The standard InChI is InChI=1S/C12H14N4O/c13-5-9-1-2-11(15-7-9)12(17)16-4-3-10(6-14)8-16/h1-2,7,10H,3-4,6,8,14H2. The second-order valence-electron chi connectivity index (χ2n) is 4.19. The zero-order valence-electron chi connectivity index (χ0n) is 9.47. The summed E-state index contributed by atoms with van der Waals surface area (Å²) in [6.45, 7) is 2.06. The predicted octanol–water partition coefficient (Wildman–Crippen LogP) is 0.374. The Morgan fingerprint density at radius 2 is 2.47 bits per heavy atom. The van der Waals surface area contributed by atoms with Crippen LogP contribution in [0.5, 0.6) is 0 Å². The summed E-state index contributed by atoms with van der Waals surface area (Å²) >= 11 is 0. The van der Waals surface area contributed by atoms with Crippen LogP contribution in [0.15, 0.2) is 18.3 Å². The van der Waals surface area contributed by atoms with Crippen molar-refractivity contribution in [2.24, 2.45) is 11.7 Å². The topological polar surface area (TPSA) is 83.0 Å². The number of carbonyl (C=O) groups is 1. The molecule has 2 heterocycles. The van der Waals surface area contributed by atoms with Crippen LogP contribution in [-0.2, 0) is 0 Å². The fourth-order valence-corrected chi connectivity index (χ4v) is 1.96. The predicted molar refractivity (Wildman–Crippen MR) is 62.0 cm³/mol. The summed E-state index contributed by atoms with van der Waals surface area (Å²) in [6.07, 6.45) is 2.38. The number of carbonyl (C=O) groups excluding carboxylic acids is 1. The molecule has 5 heteroatoms. The highest BCUT2D eigenvalue weighted by atomic mass is 16.2. The molecule has 0 saturated carbocycles. The number of aromatic nitrogens is 1. The van der Waals surface area contributed by atoms with Gasteiger partial charge in [-0.05, 0) is 31.0 Å². The fourth-order valence-electron chi connectivity index (χ4n) is 1.96. The number of hydrogen-bond acceptors (Lipinski definition) is 4. The molecule has 2 rings (SSSR count). The highest BCUT2D eigenvalue weighted by molar-refractivity contribution is 5.92. The van der Waals surface area contributed by atoms with Gasteiger partial charge in [0.15, 0.2) is 0 Å². The van der Waals surface area contributed by atoms with Crippen LogP contribution in [-0.4, -0.2) is 35.4 Å². The lowest BCUT2D eigenvalue weighted by molar-refractivity contribution is 0.0782. The molecule has 0 aromatic carbocycles. The van der Waals surface area contributed by atoms with Crippen molar-refractivity contribution >= 4 is 5.91 Å². The minimum Gasteiger partial charge on any atom is -0.337 e. The second-order valence-corrected chi connectivity index (χ2v) is 4.19. The van der Waals surface area contributed by atoms with E-state index in [4.69, 9.17) is 11.0 Å². The van der Waals surface area contributed by atoms with Gasteiger partial charge in [-0.25, -0.2) is 4.98 Å². The molecular weight excluding hydrogens is 216 g/mol. The Balaban J connectivity index is 2.07. The Bertz CT molecular complexity index is 449. The zero-order chi connectivity index (χ0) is 12.3. The zero-order valence-corrected chi connectivity index (χ0v) is 9.47. The van der Waals surface area contributed by atoms with Crippen molar-refractivity contribution in [3.63, 3.8) is 0 Å².